The molecule has 0 aliphatic rings. The molecule has 0 saturated heterocycles. The number of nitrogens with zero attached hydrogens (tertiary/aromatic N) is 2. The normalized spacial score (nSPS) is 10.5. The zero-order valence-corrected chi connectivity index (χ0v) is 12.2. The number of hydrogen-bond donors (Lipinski definition) is 1. The van der Waals surface area contributed by atoms with Gasteiger partial charge in [0.15, 0.2) is 5.57 Å². The van der Waals surface area contributed by atoms with E-state index in [1.165, 1.54) is 11.1 Å². The number of benzene rings is 1. The van der Waals surface area contributed by atoms with Crippen LogP contribution in [-0.4, -0.2) is 37.5 Å². The Balaban J connectivity index is 2.78. The molecule has 6 nitrogen and oxygen atoms in total. The van der Waals surface area contributed by atoms with E-state index in [4.69, 9.17) is 10.00 Å². The Hall–Kier alpha value is -2.81. The molecule has 0 unspecified atom stereocenters. The lowest BCUT2D eigenvalue weighted by Gasteiger charge is -2.10. The largest absolute Gasteiger partial charge is 0.462 e. The number of nitriles is 1. The molecule has 110 valence electrons. The van der Waals surface area contributed by atoms with Crippen LogP contribution in [0.1, 0.15) is 17.3 Å². The number of carbonyl (C=O) groups excluding carboxylic acids is 2. The Labute approximate surface area is 123 Å². The van der Waals surface area contributed by atoms with Gasteiger partial charge in [-0.05, 0) is 31.2 Å². The average Bonchev–Trinajstić information content (AvgIpc) is 2.48. The first-order valence-corrected chi connectivity index (χ1v) is 6.35. The maximum atomic E-state index is 11.7. The summed E-state index contributed by atoms with van der Waals surface area (Å²) in [4.78, 5) is 24.6. The van der Waals surface area contributed by atoms with Gasteiger partial charge < -0.3 is 15.0 Å². The van der Waals surface area contributed by atoms with Crippen molar-refractivity contribution < 1.29 is 14.3 Å². The summed E-state index contributed by atoms with van der Waals surface area (Å²) in [5.41, 5.74) is 1.09. The zero-order valence-electron chi connectivity index (χ0n) is 12.2. The molecule has 0 spiro atoms. The third kappa shape index (κ3) is 4.66. The SMILES string of the molecule is CCOC(=O)/C(C#N)=C/Nc1ccc(C(=O)N(C)C)cc1. The molecule has 1 N–H and O–H groups in total. The molecule has 1 amide bonds. The number of carbonyl (C=O) groups is 2. The van der Waals surface area contributed by atoms with Crippen molar-refractivity contribution in [1.29, 1.82) is 5.26 Å². The molecule has 0 heterocycles. The highest BCUT2D eigenvalue weighted by molar-refractivity contribution is 5.94. The summed E-state index contributed by atoms with van der Waals surface area (Å²) < 4.78 is 4.74. The van der Waals surface area contributed by atoms with Gasteiger partial charge in [0, 0.05) is 31.5 Å². The van der Waals surface area contributed by atoms with Crippen LogP contribution >= 0.6 is 0 Å². The minimum Gasteiger partial charge on any atom is -0.462 e. The van der Waals surface area contributed by atoms with Gasteiger partial charge in [0.2, 0.25) is 0 Å². The molecule has 1 aromatic carbocycles. The summed E-state index contributed by atoms with van der Waals surface area (Å²) in [6, 6.07) is 8.46. The summed E-state index contributed by atoms with van der Waals surface area (Å²) in [5.74, 6) is -0.770. The van der Waals surface area contributed by atoms with Crippen LogP contribution in [-0.2, 0) is 9.53 Å². The van der Waals surface area contributed by atoms with Gasteiger partial charge in [0.1, 0.15) is 6.07 Å². The molecule has 1 rings (SSSR count). The quantitative estimate of drug-likeness (QED) is 0.507. The van der Waals surface area contributed by atoms with E-state index in [9.17, 15) is 9.59 Å². The van der Waals surface area contributed by atoms with Crippen molar-refractivity contribution in [3.63, 3.8) is 0 Å². The second kappa shape index (κ2) is 7.70. The van der Waals surface area contributed by atoms with Crippen molar-refractivity contribution in [2.75, 3.05) is 26.0 Å². The molecule has 0 aliphatic carbocycles. The monoisotopic (exact) mass is 287 g/mol. The van der Waals surface area contributed by atoms with E-state index in [0.717, 1.165) is 0 Å². The highest BCUT2D eigenvalue weighted by atomic mass is 16.5. The van der Waals surface area contributed by atoms with Crippen molar-refractivity contribution in [3.8, 4) is 6.07 Å². The highest BCUT2D eigenvalue weighted by Gasteiger charge is 2.10. The van der Waals surface area contributed by atoms with Gasteiger partial charge in [-0.25, -0.2) is 4.79 Å². The second-order valence-electron chi connectivity index (χ2n) is 4.31. The van der Waals surface area contributed by atoms with Crippen molar-refractivity contribution in [1.82, 2.24) is 4.90 Å². The minimum absolute atomic E-state index is 0.0960. The van der Waals surface area contributed by atoms with Crippen LogP contribution in [0.5, 0.6) is 0 Å². The molecule has 0 bridgehead atoms. The molecule has 21 heavy (non-hydrogen) atoms. The fraction of sp³-hybridized carbons (Fsp3) is 0.267. The lowest BCUT2D eigenvalue weighted by Crippen LogP contribution is -2.21. The van der Waals surface area contributed by atoms with Gasteiger partial charge in [-0.2, -0.15) is 5.26 Å². The molecule has 0 fully saturated rings. The Bertz CT molecular complexity index is 583. The number of nitrogens with one attached hydrogen (secondary N) is 1. The van der Waals surface area contributed by atoms with E-state index in [1.807, 2.05) is 0 Å². The molecule has 0 aliphatic heterocycles. The first-order valence-electron chi connectivity index (χ1n) is 6.35. The first-order chi connectivity index (χ1) is 9.99. The first kappa shape index (κ1) is 16.2. The molecule has 0 atom stereocenters. The predicted octanol–water partition coefficient (Wildman–Crippen LogP) is 1.77. The van der Waals surface area contributed by atoms with Gasteiger partial charge in [-0.3, -0.25) is 4.79 Å². The van der Waals surface area contributed by atoms with E-state index < -0.39 is 5.97 Å². The predicted molar refractivity (Wildman–Crippen MR) is 78.4 cm³/mol. The summed E-state index contributed by atoms with van der Waals surface area (Å²) in [7, 11) is 3.35. The third-order valence-corrected chi connectivity index (χ3v) is 2.54. The summed E-state index contributed by atoms with van der Waals surface area (Å²) in [6.45, 7) is 1.88. The summed E-state index contributed by atoms with van der Waals surface area (Å²) in [6.07, 6.45) is 1.28. The summed E-state index contributed by atoms with van der Waals surface area (Å²) >= 11 is 0. The number of hydrogen-bond acceptors (Lipinski definition) is 5. The van der Waals surface area contributed by atoms with E-state index in [0.29, 0.717) is 11.3 Å². The topological polar surface area (TPSA) is 82.4 Å². The van der Waals surface area contributed by atoms with Crippen molar-refractivity contribution >= 4 is 17.6 Å². The minimum atomic E-state index is -0.674. The number of amides is 1. The molecule has 0 aromatic heterocycles. The Morgan fingerprint density at radius 2 is 1.95 bits per heavy atom. The molecule has 6 heteroatoms. The van der Waals surface area contributed by atoms with E-state index in [2.05, 4.69) is 5.32 Å². The van der Waals surface area contributed by atoms with Crippen molar-refractivity contribution in [2.24, 2.45) is 0 Å². The molecular formula is C15H17N3O3. The van der Waals surface area contributed by atoms with Crippen LogP contribution in [0.3, 0.4) is 0 Å². The number of ether oxygens (including phenoxy) is 1. The van der Waals surface area contributed by atoms with Crippen LogP contribution in [0.4, 0.5) is 5.69 Å². The molecule has 0 saturated carbocycles. The lowest BCUT2D eigenvalue weighted by molar-refractivity contribution is -0.138. The van der Waals surface area contributed by atoms with Crippen molar-refractivity contribution in [3.05, 3.63) is 41.6 Å². The number of anilines is 1. The van der Waals surface area contributed by atoms with Gasteiger partial charge >= 0.3 is 5.97 Å². The van der Waals surface area contributed by atoms with Gasteiger partial charge in [-0.15, -0.1) is 0 Å². The van der Waals surface area contributed by atoms with Gasteiger partial charge in [0.25, 0.3) is 5.91 Å². The second-order valence-corrected chi connectivity index (χ2v) is 4.31. The Kier molecular flexibility index (Phi) is 5.96. The fourth-order valence-corrected chi connectivity index (χ4v) is 1.47. The van der Waals surface area contributed by atoms with Crippen LogP contribution < -0.4 is 5.32 Å². The smallest absolute Gasteiger partial charge is 0.350 e. The van der Waals surface area contributed by atoms with E-state index in [-0.39, 0.29) is 18.1 Å². The van der Waals surface area contributed by atoms with Crippen LogP contribution in [0.2, 0.25) is 0 Å². The van der Waals surface area contributed by atoms with E-state index in [1.54, 1.807) is 51.4 Å². The van der Waals surface area contributed by atoms with Crippen molar-refractivity contribution in [2.45, 2.75) is 6.92 Å². The third-order valence-electron chi connectivity index (χ3n) is 2.54. The maximum absolute atomic E-state index is 11.7. The number of esters is 1. The maximum Gasteiger partial charge on any atom is 0.350 e. The fourth-order valence-electron chi connectivity index (χ4n) is 1.47. The molecule has 1 aromatic rings. The highest BCUT2D eigenvalue weighted by Crippen LogP contribution is 2.11. The van der Waals surface area contributed by atoms with Crippen LogP contribution in [0.25, 0.3) is 0 Å². The van der Waals surface area contributed by atoms with E-state index >= 15 is 0 Å². The molecule has 0 radical (unpaired) electrons. The van der Waals surface area contributed by atoms with Crippen LogP contribution in [0, 0.1) is 11.3 Å². The lowest BCUT2D eigenvalue weighted by atomic mass is 10.2. The van der Waals surface area contributed by atoms with Gasteiger partial charge in [-0.1, -0.05) is 0 Å². The number of rotatable bonds is 5. The van der Waals surface area contributed by atoms with Gasteiger partial charge in [0.05, 0.1) is 6.61 Å². The Morgan fingerprint density at radius 3 is 2.43 bits per heavy atom. The summed E-state index contributed by atoms with van der Waals surface area (Å²) in [5, 5.41) is 11.7. The standard InChI is InChI=1S/C15H17N3O3/c1-4-21-15(20)12(9-16)10-17-13-7-5-11(6-8-13)14(19)18(2)3/h5-8,10,17H,4H2,1-3H3/b12-10+. The van der Waals surface area contributed by atoms with Crippen LogP contribution in [0.15, 0.2) is 36.0 Å². The average molecular weight is 287 g/mol. The molecular weight excluding hydrogens is 270 g/mol. The zero-order chi connectivity index (χ0) is 15.8. The Morgan fingerprint density at radius 1 is 1.33 bits per heavy atom.